The number of aryl methyl sites for hydroxylation is 4. The van der Waals surface area contributed by atoms with Crippen molar-refractivity contribution in [2.45, 2.75) is 59.4 Å². The van der Waals surface area contributed by atoms with Crippen LogP contribution in [-0.2, 0) is 24.4 Å². The number of morpholine rings is 1. The number of oxazole rings is 1. The largest absolute Gasteiger partial charge is 0.494 e. The van der Waals surface area contributed by atoms with Crippen LogP contribution < -0.4 is 36.9 Å². The lowest BCUT2D eigenvalue weighted by Crippen LogP contribution is -2.69. The maximum atomic E-state index is 13.7. The highest BCUT2D eigenvalue weighted by Crippen LogP contribution is 2.34. The van der Waals surface area contributed by atoms with E-state index in [1.54, 1.807) is 52.8 Å². The first kappa shape index (κ1) is 43.5. The third-order valence-electron chi connectivity index (χ3n) is 11.2. The van der Waals surface area contributed by atoms with E-state index in [2.05, 4.69) is 30.9 Å². The van der Waals surface area contributed by atoms with Crippen LogP contribution in [0.5, 0.6) is 11.5 Å². The molecule has 0 aliphatic carbocycles. The molecule has 0 atom stereocenters. The van der Waals surface area contributed by atoms with E-state index in [0.29, 0.717) is 82.7 Å². The van der Waals surface area contributed by atoms with Gasteiger partial charge in [-0.2, -0.15) is 5.10 Å². The van der Waals surface area contributed by atoms with E-state index >= 15 is 0 Å². The highest BCUT2D eigenvalue weighted by atomic mass is 16.5. The fourth-order valence-electron chi connectivity index (χ4n) is 8.26. The highest BCUT2D eigenvalue weighted by molar-refractivity contribution is 6.05. The number of amides is 4. The number of fused-ring (bicyclic) bond motifs is 2. The molecule has 6 heterocycles. The summed E-state index contributed by atoms with van der Waals surface area (Å²) in [6.07, 6.45) is 4.37. The highest BCUT2D eigenvalue weighted by Gasteiger charge is 2.44. The molecule has 4 aromatic heterocycles. The number of anilines is 2. The Kier molecular flexibility index (Phi) is 12.2. The van der Waals surface area contributed by atoms with Gasteiger partial charge in [-0.15, -0.1) is 0 Å². The van der Waals surface area contributed by atoms with Gasteiger partial charge in [-0.05, 0) is 57.5 Å². The minimum absolute atomic E-state index is 0.0234. The van der Waals surface area contributed by atoms with Crippen molar-refractivity contribution in [1.29, 1.82) is 0 Å². The fraction of sp³-hybridized carbons (Fsp3) is 0.395. The monoisotopic (exact) mass is 877 g/mol. The lowest BCUT2D eigenvalue weighted by Gasteiger charge is -2.51. The number of rotatable bonds is 17. The Hall–Kier alpha value is -7.10. The van der Waals surface area contributed by atoms with E-state index in [4.69, 9.17) is 40.1 Å². The van der Waals surface area contributed by atoms with Crippen LogP contribution in [0.25, 0.3) is 22.1 Å². The third-order valence-corrected chi connectivity index (χ3v) is 11.2. The molecular formula is C43H51N13O8. The van der Waals surface area contributed by atoms with E-state index < -0.39 is 23.6 Å². The van der Waals surface area contributed by atoms with Gasteiger partial charge in [0.25, 0.3) is 11.8 Å². The number of benzene rings is 2. The minimum atomic E-state index is -0.672. The van der Waals surface area contributed by atoms with Gasteiger partial charge in [-0.3, -0.25) is 39.4 Å². The number of aromatic nitrogens is 7. The molecule has 1 spiro atoms. The van der Waals surface area contributed by atoms with Gasteiger partial charge in [0, 0.05) is 70.4 Å². The number of nitrogens with one attached hydrogen (secondary N) is 3. The van der Waals surface area contributed by atoms with Crippen LogP contribution in [0, 0.1) is 20.8 Å². The molecule has 21 nitrogen and oxygen atoms in total. The second kappa shape index (κ2) is 17.9. The Balaban J connectivity index is 1.11. The molecule has 0 unspecified atom stereocenters. The molecule has 0 saturated carbocycles. The molecule has 2 aromatic carbocycles. The maximum Gasteiger partial charge on any atom is 0.295 e. The number of allylic oxidation sites excluding steroid dienone is 2. The number of nitrogens with zero attached hydrogens (tertiary/aromatic N) is 8. The van der Waals surface area contributed by atoms with Crippen molar-refractivity contribution in [2.24, 2.45) is 11.5 Å². The molecule has 6 aromatic rings. The summed E-state index contributed by atoms with van der Waals surface area (Å²) >= 11 is 0. The van der Waals surface area contributed by atoms with Crippen molar-refractivity contribution in [3.63, 3.8) is 0 Å². The summed E-state index contributed by atoms with van der Waals surface area (Å²) in [5.74, 6) is -1.03. The summed E-state index contributed by atoms with van der Waals surface area (Å²) in [6.45, 7) is 12.9. The third kappa shape index (κ3) is 8.76. The van der Waals surface area contributed by atoms with E-state index in [-0.39, 0.29) is 47.5 Å². The predicted octanol–water partition coefficient (Wildman–Crippen LogP) is 2.93. The van der Waals surface area contributed by atoms with Crippen molar-refractivity contribution in [1.82, 2.24) is 44.1 Å². The van der Waals surface area contributed by atoms with E-state index in [0.717, 1.165) is 32.7 Å². The van der Waals surface area contributed by atoms with Crippen molar-refractivity contribution >= 4 is 57.6 Å². The first-order valence-corrected chi connectivity index (χ1v) is 20.9. The second-order valence-corrected chi connectivity index (χ2v) is 15.8. The van der Waals surface area contributed by atoms with Crippen LogP contribution in [0.3, 0.4) is 0 Å². The van der Waals surface area contributed by atoms with Gasteiger partial charge in [0.15, 0.2) is 5.89 Å². The number of nitrogens with two attached hydrogens (primary N) is 2. The lowest BCUT2D eigenvalue weighted by atomic mass is 9.92. The molecule has 336 valence electrons. The number of carbonyl (C=O) groups excluding carboxylic acids is 4. The first-order chi connectivity index (χ1) is 30.8. The molecule has 2 fully saturated rings. The summed E-state index contributed by atoms with van der Waals surface area (Å²) < 4.78 is 28.8. The SMILES string of the molecule is CCn1nc(C)cc1C(=O)Nc1nc2cc(C(N)=O)cc(OC)c2n1C/C=C/Cn1c(NC(=O)c2oc(C)nc2C)nc2cc(C(N)=O)cc(OCCCN3CC4(CNCCO4)C3)c21. The molecule has 7 N–H and O–H groups in total. The fourth-order valence-corrected chi connectivity index (χ4v) is 8.26. The summed E-state index contributed by atoms with van der Waals surface area (Å²) in [5, 5.41) is 13.6. The summed E-state index contributed by atoms with van der Waals surface area (Å²) in [4.78, 5) is 68.1. The quantitative estimate of drug-likeness (QED) is 0.0652. The molecule has 2 aliphatic heterocycles. The van der Waals surface area contributed by atoms with E-state index in [1.807, 2.05) is 19.1 Å². The van der Waals surface area contributed by atoms with Crippen molar-refractivity contribution < 1.29 is 37.8 Å². The van der Waals surface area contributed by atoms with Gasteiger partial charge in [0.05, 0.1) is 42.7 Å². The summed E-state index contributed by atoms with van der Waals surface area (Å²) in [5.41, 5.74) is 14.8. The van der Waals surface area contributed by atoms with Crippen molar-refractivity contribution in [3.05, 3.63) is 82.3 Å². The number of primary amides is 2. The topological polar surface area (TPSA) is 267 Å². The van der Waals surface area contributed by atoms with Crippen molar-refractivity contribution in [3.8, 4) is 11.5 Å². The van der Waals surface area contributed by atoms with Crippen LogP contribution in [-0.4, -0.2) is 121 Å². The van der Waals surface area contributed by atoms with Crippen LogP contribution in [0.4, 0.5) is 11.9 Å². The smallest absolute Gasteiger partial charge is 0.295 e. The van der Waals surface area contributed by atoms with Crippen LogP contribution in [0.1, 0.15) is 72.4 Å². The Bertz CT molecular complexity index is 2800. The Morgan fingerprint density at radius 3 is 2.06 bits per heavy atom. The zero-order valence-electron chi connectivity index (χ0n) is 36.3. The number of carbonyl (C=O) groups is 4. The summed E-state index contributed by atoms with van der Waals surface area (Å²) in [6, 6.07) is 7.86. The van der Waals surface area contributed by atoms with Crippen molar-refractivity contribution in [2.75, 3.05) is 63.7 Å². The maximum absolute atomic E-state index is 13.7. The van der Waals surface area contributed by atoms with Gasteiger partial charge in [-0.1, -0.05) is 12.2 Å². The molecule has 64 heavy (non-hydrogen) atoms. The standard InChI is InChI=1S/C43H51N13O8/c1-6-56-31(16-24(2)52-56)39(59)50-41-48-29-17-27(37(44)57)19-32(61-5)34(29)54(41)12-7-8-13-55-35-30(49-42(55)51-40(60)36-25(3)47-26(4)64-36)18-28(38(45)58)20-33(35)62-14-9-11-53-22-43(23-53)21-46-10-15-63-43/h7-8,16-20,46H,6,9-15,21-23H2,1-5H3,(H2,44,57)(H2,45,58)(H,48,50,59)(H,49,51,60)/b8-7+. The molecular weight excluding hydrogens is 827 g/mol. The number of likely N-dealkylation sites (tertiary alicyclic amines) is 1. The molecule has 0 radical (unpaired) electrons. The minimum Gasteiger partial charge on any atom is -0.494 e. The first-order valence-electron chi connectivity index (χ1n) is 20.9. The molecule has 2 saturated heterocycles. The van der Waals surface area contributed by atoms with Gasteiger partial charge in [-0.25, -0.2) is 15.0 Å². The molecule has 8 rings (SSSR count). The summed E-state index contributed by atoms with van der Waals surface area (Å²) in [7, 11) is 1.46. The van der Waals surface area contributed by atoms with Gasteiger partial charge in [0.1, 0.15) is 33.8 Å². The molecule has 0 bridgehead atoms. The van der Waals surface area contributed by atoms with Crippen LogP contribution >= 0.6 is 0 Å². The molecule has 4 amide bonds. The van der Waals surface area contributed by atoms with Gasteiger partial charge in [0.2, 0.25) is 29.5 Å². The number of imidazole rings is 2. The predicted molar refractivity (Wildman–Crippen MR) is 235 cm³/mol. The zero-order chi connectivity index (χ0) is 45.3. The average molecular weight is 878 g/mol. The Morgan fingerprint density at radius 1 is 0.875 bits per heavy atom. The van der Waals surface area contributed by atoms with E-state index in [1.165, 1.54) is 19.2 Å². The Labute approximate surface area is 367 Å². The van der Waals surface area contributed by atoms with Crippen LogP contribution in [0.2, 0.25) is 0 Å². The van der Waals surface area contributed by atoms with Gasteiger partial charge < -0.3 is 44.5 Å². The number of hydrogen-bond donors (Lipinski definition) is 5. The second-order valence-electron chi connectivity index (χ2n) is 15.8. The van der Waals surface area contributed by atoms with E-state index in [9.17, 15) is 19.2 Å². The molecule has 2 aliphatic rings. The molecule has 21 heteroatoms. The van der Waals surface area contributed by atoms with Crippen LogP contribution in [0.15, 0.2) is 46.9 Å². The Morgan fingerprint density at radius 2 is 1.50 bits per heavy atom. The van der Waals surface area contributed by atoms with Gasteiger partial charge >= 0.3 is 0 Å². The number of hydrogen-bond acceptors (Lipinski definition) is 14. The normalized spacial score (nSPS) is 15.0. The average Bonchev–Trinajstić information content (AvgIpc) is 4.01. The number of methoxy groups -OCH3 is 1. The zero-order valence-corrected chi connectivity index (χ0v) is 36.3. The number of ether oxygens (including phenoxy) is 3. The lowest BCUT2D eigenvalue weighted by molar-refractivity contribution is -0.156.